The topological polar surface area (TPSA) is 49.8 Å². The molecule has 2 fully saturated rings. The fourth-order valence-electron chi connectivity index (χ4n) is 3.14. The maximum absolute atomic E-state index is 11.0. The molecular formula is C14H25NO3S. The van der Waals surface area contributed by atoms with Crippen LogP contribution in [0.15, 0.2) is 0 Å². The highest BCUT2D eigenvalue weighted by Gasteiger charge is 2.42. The van der Waals surface area contributed by atoms with E-state index >= 15 is 0 Å². The van der Waals surface area contributed by atoms with E-state index in [1.807, 2.05) is 11.8 Å². The fourth-order valence-corrected chi connectivity index (χ4v) is 4.52. The van der Waals surface area contributed by atoms with E-state index in [-0.39, 0.29) is 11.5 Å². The van der Waals surface area contributed by atoms with Crippen molar-refractivity contribution in [3.05, 3.63) is 0 Å². The summed E-state index contributed by atoms with van der Waals surface area (Å²) in [7, 11) is 0. The predicted octanol–water partition coefficient (Wildman–Crippen LogP) is 2.08. The van der Waals surface area contributed by atoms with Gasteiger partial charge in [0.1, 0.15) is 0 Å². The van der Waals surface area contributed by atoms with Gasteiger partial charge in [0.05, 0.1) is 11.5 Å². The van der Waals surface area contributed by atoms with Gasteiger partial charge in [0.2, 0.25) is 0 Å². The lowest BCUT2D eigenvalue weighted by Gasteiger charge is -2.42. The van der Waals surface area contributed by atoms with Gasteiger partial charge in [-0.05, 0) is 31.6 Å². The number of hydrogen-bond donors (Lipinski definition) is 1. The lowest BCUT2D eigenvalue weighted by molar-refractivity contribution is -0.142. The SMILES string of the molecule is CCN(CC(C)C(=O)O)C1CCOC2(CCSC2)C1. The Bertz CT molecular complexity index is 318. The van der Waals surface area contributed by atoms with Gasteiger partial charge in [0.25, 0.3) is 0 Å². The molecule has 3 unspecified atom stereocenters. The Morgan fingerprint density at radius 2 is 2.42 bits per heavy atom. The van der Waals surface area contributed by atoms with Crippen molar-refractivity contribution in [1.29, 1.82) is 0 Å². The molecule has 2 aliphatic rings. The van der Waals surface area contributed by atoms with E-state index in [2.05, 4.69) is 11.8 Å². The van der Waals surface area contributed by atoms with Crippen molar-refractivity contribution >= 4 is 17.7 Å². The minimum absolute atomic E-state index is 0.0769. The van der Waals surface area contributed by atoms with Crippen molar-refractivity contribution in [3.63, 3.8) is 0 Å². The average Bonchev–Trinajstić information content (AvgIpc) is 2.83. The molecule has 0 aromatic carbocycles. The van der Waals surface area contributed by atoms with Gasteiger partial charge >= 0.3 is 5.97 Å². The van der Waals surface area contributed by atoms with Crippen molar-refractivity contribution in [2.75, 3.05) is 31.2 Å². The van der Waals surface area contributed by atoms with Gasteiger partial charge in [-0.1, -0.05) is 13.8 Å². The van der Waals surface area contributed by atoms with Crippen molar-refractivity contribution in [2.45, 2.75) is 44.8 Å². The number of carbonyl (C=O) groups is 1. The number of carboxylic acid groups (broad SMARTS) is 1. The number of thioether (sulfide) groups is 1. The van der Waals surface area contributed by atoms with E-state index in [9.17, 15) is 4.79 Å². The van der Waals surface area contributed by atoms with Crippen LogP contribution in [-0.2, 0) is 9.53 Å². The Morgan fingerprint density at radius 1 is 1.63 bits per heavy atom. The van der Waals surface area contributed by atoms with Crippen LogP contribution in [-0.4, -0.2) is 58.8 Å². The normalized spacial score (nSPS) is 32.9. The number of rotatable bonds is 5. The van der Waals surface area contributed by atoms with E-state index in [0.29, 0.717) is 12.6 Å². The molecule has 1 spiro atoms. The van der Waals surface area contributed by atoms with Crippen molar-refractivity contribution in [3.8, 4) is 0 Å². The van der Waals surface area contributed by atoms with Crippen molar-refractivity contribution < 1.29 is 14.6 Å². The van der Waals surface area contributed by atoms with E-state index in [0.717, 1.165) is 38.2 Å². The molecule has 3 atom stereocenters. The molecule has 1 N–H and O–H groups in total. The zero-order chi connectivity index (χ0) is 13.9. The molecule has 0 radical (unpaired) electrons. The quantitative estimate of drug-likeness (QED) is 0.839. The zero-order valence-corrected chi connectivity index (χ0v) is 12.7. The molecule has 2 heterocycles. The van der Waals surface area contributed by atoms with Gasteiger partial charge < -0.3 is 9.84 Å². The number of nitrogens with zero attached hydrogens (tertiary/aromatic N) is 1. The molecule has 0 aromatic rings. The molecule has 0 saturated carbocycles. The number of hydrogen-bond acceptors (Lipinski definition) is 4. The summed E-state index contributed by atoms with van der Waals surface area (Å²) in [5.41, 5.74) is 0.0769. The van der Waals surface area contributed by atoms with Gasteiger partial charge in [-0.15, -0.1) is 0 Å². The number of ether oxygens (including phenoxy) is 1. The summed E-state index contributed by atoms with van der Waals surface area (Å²) in [4.78, 5) is 13.4. The first kappa shape index (κ1) is 15.1. The van der Waals surface area contributed by atoms with E-state index in [1.54, 1.807) is 6.92 Å². The second kappa shape index (κ2) is 6.46. The summed E-state index contributed by atoms with van der Waals surface area (Å²) in [6, 6.07) is 0.485. The largest absolute Gasteiger partial charge is 0.481 e. The van der Waals surface area contributed by atoms with Gasteiger partial charge in [-0.25, -0.2) is 0 Å². The summed E-state index contributed by atoms with van der Waals surface area (Å²) in [5.74, 6) is 1.31. The molecule has 19 heavy (non-hydrogen) atoms. The Kier molecular flexibility index (Phi) is 5.15. The molecule has 0 amide bonds. The number of aliphatic carboxylic acids is 1. The third-order valence-corrected chi connectivity index (χ3v) is 5.61. The van der Waals surface area contributed by atoms with Crippen LogP contribution in [0.5, 0.6) is 0 Å². The highest BCUT2D eigenvalue weighted by molar-refractivity contribution is 7.99. The van der Waals surface area contributed by atoms with Gasteiger partial charge in [-0.3, -0.25) is 9.69 Å². The zero-order valence-electron chi connectivity index (χ0n) is 11.9. The first-order valence-electron chi connectivity index (χ1n) is 7.25. The third-order valence-electron chi connectivity index (χ3n) is 4.39. The summed E-state index contributed by atoms with van der Waals surface area (Å²) < 4.78 is 6.04. The highest BCUT2D eigenvalue weighted by Crippen LogP contribution is 2.39. The fraction of sp³-hybridized carbons (Fsp3) is 0.929. The highest BCUT2D eigenvalue weighted by atomic mass is 32.2. The smallest absolute Gasteiger partial charge is 0.307 e. The summed E-state index contributed by atoms with van der Waals surface area (Å²) in [5, 5.41) is 9.08. The van der Waals surface area contributed by atoms with Crippen molar-refractivity contribution in [1.82, 2.24) is 4.90 Å². The van der Waals surface area contributed by atoms with E-state index in [4.69, 9.17) is 9.84 Å². The molecule has 0 aromatic heterocycles. The Morgan fingerprint density at radius 3 is 3.00 bits per heavy atom. The molecule has 0 bridgehead atoms. The molecule has 2 aliphatic heterocycles. The summed E-state index contributed by atoms with van der Waals surface area (Å²) in [6.07, 6.45) is 3.26. The Balaban J connectivity index is 1.96. The second-order valence-corrected chi connectivity index (χ2v) is 6.91. The maximum Gasteiger partial charge on any atom is 0.307 e. The molecule has 2 saturated heterocycles. The second-order valence-electron chi connectivity index (χ2n) is 5.81. The van der Waals surface area contributed by atoms with Gasteiger partial charge in [-0.2, -0.15) is 11.8 Å². The molecular weight excluding hydrogens is 262 g/mol. The molecule has 110 valence electrons. The van der Waals surface area contributed by atoms with Gasteiger partial charge in [0, 0.05) is 24.9 Å². The molecule has 0 aliphatic carbocycles. The van der Waals surface area contributed by atoms with Crippen LogP contribution in [0.25, 0.3) is 0 Å². The average molecular weight is 287 g/mol. The van der Waals surface area contributed by atoms with Crippen LogP contribution in [0.1, 0.15) is 33.1 Å². The lowest BCUT2D eigenvalue weighted by atomic mass is 9.88. The molecule has 5 heteroatoms. The van der Waals surface area contributed by atoms with Crippen LogP contribution < -0.4 is 0 Å². The van der Waals surface area contributed by atoms with Crippen LogP contribution in [0, 0.1) is 5.92 Å². The first-order valence-corrected chi connectivity index (χ1v) is 8.40. The predicted molar refractivity (Wildman–Crippen MR) is 77.7 cm³/mol. The van der Waals surface area contributed by atoms with Crippen LogP contribution >= 0.6 is 11.8 Å². The van der Waals surface area contributed by atoms with Crippen LogP contribution in [0.3, 0.4) is 0 Å². The first-order chi connectivity index (χ1) is 9.06. The maximum atomic E-state index is 11.0. The Labute approximate surface area is 119 Å². The van der Waals surface area contributed by atoms with Crippen LogP contribution in [0.2, 0.25) is 0 Å². The van der Waals surface area contributed by atoms with E-state index in [1.165, 1.54) is 5.75 Å². The Hall–Kier alpha value is -0.260. The monoisotopic (exact) mass is 287 g/mol. The van der Waals surface area contributed by atoms with E-state index < -0.39 is 5.97 Å². The minimum Gasteiger partial charge on any atom is -0.481 e. The number of carboxylic acids is 1. The van der Waals surface area contributed by atoms with Crippen LogP contribution in [0.4, 0.5) is 0 Å². The summed E-state index contributed by atoms with van der Waals surface area (Å²) >= 11 is 1.98. The lowest BCUT2D eigenvalue weighted by Crippen LogP contribution is -2.50. The third kappa shape index (κ3) is 3.64. The minimum atomic E-state index is -0.698. The van der Waals surface area contributed by atoms with Crippen molar-refractivity contribution in [2.24, 2.45) is 5.92 Å². The standard InChI is InChI=1S/C14H25NO3S/c1-3-15(9-11(2)13(16)17)12-4-6-18-14(8-12)5-7-19-10-14/h11-12H,3-10H2,1-2H3,(H,16,17). The molecule has 2 rings (SSSR count). The van der Waals surface area contributed by atoms with Gasteiger partial charge in [0.15, 0.2) is 0 Å². The molecule has 4 nitrogen and oxygen atoms in total. The summed E-state index contributed by atoms with van der Waals surface area (Å²) in [6.45, 7) is 6.32.